The van der Waals surface area contributed by atoms with Crippen LogP contribution in [0.1, 0.15) is 38.0 Å². The number of aryl methyl sites for hydroxylation is 4. The monoisotopic (exact) mass is 323 g/mol. The van der Waals surface area contributed by atoms with Crippen LogP contribution < -0.4 is 5.73 Å². The fourth-order valence-corrected chi connectivity index (χ4v) is 4.44. The molecule has 3 heteroatoms. The molecule has 0 spiro atoms. The van der Waals surface area contributed by atoms with Crippen LogP contribution >= 0.6 is 27.3 Å². The van der Waals surface area contributed by atoms with Crippen LogP contribution in [0.25, 0.3) is 0 Å². The minimum absolute atomic E-state index is 0.0429. The summed E-state index contributed by atoms with van der Waals surface area (Å²) in [6.45, 7) is 8.52. The van der Waals surface area contributed by atoms with Crippen LogP contribution in [0.4, 0.5) is 0 Å². The second kappa shape index (κ2) is 5.16. The van der Waals surface area contributed by atoms with Crippen molar-refractivity contribution in [3.63, 3.8) is 0 Å². The zero-order valence-electron chi connectivity index (χ0n) is 11.2. The second-order valence-corrected chi connectivity index (χ2v) is 7.00. The maximum atomic E-state index is 6.46. The number of hydrogen-bond acceptors (Lipinski definition) is 2. The summed E-state index contributed by atoms with van der Waals surface area (Å²) in [4.78, 5) is 2.50. The summed E-state index contributed by atoms with van der Waals surface area (Å²) in [6.07, 6.45) is 0. The van der Waals surface area contributed by atoms with E-state index in [1.54, 1.807) is 11.3 Å². The van der Waals surface area contributed by atoms with Gasteiger partial charge in [-0.15, -0.1) is 11.3 Å². The fourth-order valence-electron chi connectivity index (χ4n) is 2.53. The van der Waals surface area contributed by atoms with Crippen LogP contribution in [0.15, 0.2) is 22.7 Å². The Morgan fingerprint density at radius 1 is 1.06 bits per heavy atom. The third kappa shape index (κ3) is 2.53. The van der Waals surface area contributed by atoms with Gasteiger partial charge in [0.25, 0.3) is 0 Å². The van der Waals surface area contributed by atoms with Gasteiger partial charge < -0.3 is 5.73 Å². The van der Waals surface area contributed by atoms with Crippen LogP contribution in [0.5, 0.6) is 0 Å². The molecule has 0 aliphatic heterocycles. The maximum Gasteiger partial charge on any atom is 0.0662 e. The van der Waals surface area contributed by atoms with Crippen LogP contribution in [-0.4, -0.2) is 0 Å². The Morgan fingerprint density at radius 2 is 1.61 bits per heavy atom. The predicted octanol–water partition coefficient (Wildman–Crippen LogP) is 4.79. The lowest BCUT2D eigenvalue weighted by Gasteiger charge is -2.18. The van der Waals surface area contributed by atoms with Gasteiger partial charge in [-0.2, -0.15) is 0 Å². The molecule has 0 fully saturated rings. The number of hydrogen-bond donors (Lipinski definition) is 1. The van der Waals surface area contributed by atoms with E-state index < -0.39 is 0 Å². The molecular formula is C15H18BrNS. The van der Waals surface area contributed by atoms with E-state index in [0.717, 1.165) is 4.47 Å². The molecule has 1 unspecified atom stereocenters. The Balaban J connectivity index is 2.52. The fraction of sp³-hybridized carbons (Fsp3) is 0.333. The third-order valence-corrected chi connectivity index (χ3v) is 5.22. The van der Waals surface area contributed by atoms with Gasteiger partial charge in [-0.05, 0) is 66.4 Å². The van der Waals surface area contributed by atoms with Crippen molar-refractivity contribution in [1.82, 2.24) is 0 Å². The van der Waals surface area contributed by atoms with Crippen molar-refractivity contribution < 1.29 is 0 Å². The first-order valence-corrected chi connectivity index (χ1v) is 7.60. The van der Waals surface area contributed by atoms with E-state index in [9.17, 15) is 0 Å². The lowest BCUT2D eigenvalue weighted by atomic mass is 9.94. The molecule has 0 saturated heterocycles. The minimum Gasteiger partial charge on any atom is -0.320 e. The standard InChI is InChI=1S/C15H18BrNS/c1-8-5-9(2)13(10(3)6-8)14(17)15-12(16)7-11(4)18-15/h5-7,14H,17H2,1-4H3. The van der Waals surface area contributed by atoms with E-state index in [-0.39, 0.29) is 6.04 Å². The Morgan fingerprint density at radius 3 is 2.06 bits per heavy atom. The molecule has 1 nitrogen and oxygen atoms in total. The largest absolute Gasteiger partial charge is 0.320 e. The van der Waals surface area contributed by atoms with E-state index >= 15 is 0 Å². The molecule has 0 aliphatic rings. The van der Waals surface area contributed by atoms with Gasteiger partial charge in [0.15, 0.2) is 0 Å². The smallest absolute Gasteiger partial charge is 0.0662 e. The molecule has 1 atom stereocenters. The Hall–Kier alpha value is -0.640. The van der Waals surface area contributed by atoms with Crippen molar-refractivity contribution in [1.29, 1.82) is 0 Å². The summed E-state index contributed by atoms with van der Waals surface area (Å²) in [5.74, 6) is 0. The zero-order chi connectivity index (χ0) is 13.4. The summed E-state index contributed by atoms with van der Waals surface area (Å²) >= 11 is 5.38. The van der Waals surface area contributed by atoms with Gasteiger partial charge in [-0.3, -0.25) is 0 Å². The van der Waals surface area contributed by atoms with E-state index in [1.165, 1.54) is 32.0 Å². The Bertz CT molecular complexity index is 563. The van der Waals surface area contributed by atoms with Gasteiger partial charge in [0, 0.05) is 14.2 Å². The van der Waals surface area contributed by atoms with Crippen LogP contribution in [0, 0.1) is 27.7 Å². The Kier molecular flexibility index (Phi) is 3.95. The highest BCUT2D eigenvalue weighted by molar-refractivity contribution is 9.10. The lowest BCUT2D eigenvalue weighted by Crippen LogP contribution is -2.14. The molecule has 18 heavy (non-hydrogen) atoms. The molecule has 2 N–H and O–H groups in total. The zero-order valence-corrected chi connectivity index (χ0v) is 13.6. The van der Waals surface area contributed by atoms with Crippen molar-refractivity contribution in [2.75, 3.05) is 0 Å². The quantitative estimate of drug-likeness (QED) is 0.844. The van der Waals surface area contributed by atoms with Gasteiger partial charge in [-0.1, -0.05) is 17.7 Å². The molecule has 1 heterocycles. The molecule has 0 aliphatic carbocycles. The number of nitrogens with two attached hydrogens (primary N) is 1. The maximum absolute atomic E-state index is 6.46. The van der Waals surface area contributed by atoms with Crippen molar-refractivity contribution in [3.05, 3.63) is 54.7 Å². The molecule has 0 radical (unpaired) electrons. The van der Waals surface area contributed by atoms with Gasteiger partial charge in [-0.25, -0.2) is 0 Å². The van der Waals surface area contributed by atoms with E-state index in [2.05, 4.69) is 61.8 Å². The number of benzene rings is 1. The first-order chi connectivity index (χ1) is 8.40. The average molecular weight is 324 g/mol. The van der Waals surface area contributed by atoms with E-state index in [1.807, 2.05) is 0 Å². The number of rotatable bonds is 2. The van der Waals surface area contributed by atoms with Gasteiger partial charge in [0.2, 0.25) is 0 Å². The highest BCUT2D eigenvalue weighted by Crippen LogP contribution is 2.36. The van der Waals surface area contributed by atoms with Gasteiger partial charge in [0.05, 0.1) is 6.04 Å². The summed E-state index contributed by atoms with van der Waals surface area (Å²) in [6, 6.07) is 6.50. The summed E-state index contributed by atoms with van der Waals surface area (Å²) in [7, 11) is 0. The second-order valence-electron chi connectivity index (χ2n) is 4.86. The van der Waals surface area contributed by atoms with Crippen LogP contribution in [0.3, 0.4) is 0 Å². The predicted molar refractivity (Wildman–Crippen MR) is 83.4 cm³/mol. The molecule has 96 valence electrons. The normalized spacial score (nSPS) is 12.8. The molecule has 2 aromatic rings. The summed E-state index contributed by atoms with van der Waals surface area (Å²) < 4.78 is 1.12. The van der Waals surface area contributed by atoms with Crippen molar-refractivity contribution in [2.45, 2.75) is 33.7 Å². The average Bonchev–Trinajstić information content (AvgIpc) is 2.56. The van der Waals surface area contributed by atoms with Gasteiger partial charge >= 0.3 is 0 Å². The number of halogens is 1. The Labute approximate surface area is 121 Å². The first kappa shape index (κ1) is 13.8. The lowest BCUT2D eigenvalue weighted by molar-refractivity contribution is 0.866. The topological polar surface area (TPSA) is 26.0 Å². The third-order valence-electron chi connectivity index (χ3n) is 3.17. The SMILES string of the molecule is Cc1cc(C)c(C(N)c2sc(C)cc2Br)c(C)c1. The summed E-state index contributed by atoms with van der Waals surface area (Å²) in [5, 5.41) is 0. The van der Waals surface area contributed by atoms with Gasteiger partial charge in [0.1, 0.15) is 0 Å². The van der Waals surface area contributed by atoms with Crippen LogP contribution in [-0.2, 0) is 0 Å². The highest BCUT2D eigenvalue weighted by Gasteiger charge is 2.18. The molecule has 0 saturated carbocycles. The van der Waals surface area contributed by atoms with Crippen molar-refractivity contribution in [3.8, 4) is 0 Å². The molecule has 0 bridgehead atoms. The van der Waals surface area contributed by atoms with E-state index in [0.29, 0.717) is 0 Å². The molecule has 1 aromatic carbocycles. The molecule has 1 aromatic heterocycles. The molecule has 2 rings (SSSR count). The first-order valence-electron chi connectivity index (χ1n) is 5.99. The number of thiophene rings is 1. The van der Waals surface area contributed by atoms with Crippen molar-refractivity contribution >= 4 is 27.3 Å². The van der Waals surface area contributed by atoms with Crippen LogP contribution in [0.2, 0.25) is 0 Å². The molecular weight excluding hydrogens is 306 g/mol. The highest BCUT2D eigenvalue weighted by atomic mass is 79.9. The minimum atomic E-state index is -0.0429. The van der Waals surface area contributed by atoms with Crippen molar-refractivity contribution in [2.24, 2.45) is 5.73 Å². The molecule has 0 amide bonds. The van der Waals surface area contributed by atoms with E-state index in [4.69, 9.17) is 5.73 Å². The summed E-state index contributed by atoms with van der Waals surface area (Å²) in [5.41, 5.74) is 11.6.